The highest BCUT2D eigenvalue weighted by molar-refractivity contribution is 6.40. The molecular formula is C15H28B2. The summed E-state index contributed by atoms with van der Waals surface area (Å²) < 4.78 is 0. The number of hydrogen-bond acceptors (Lipinski definition) is 0. The molecule has 17 heavy (non-hydrogen) atoms. The van der Waals surface area contributed by atoms with Gasteiger partial charge in [-0.25, -0.2) is 0 Å². The van der Waals surface area contributed by atoms with Gasteiger partial charge in [0.2, 0.25) is 0 Å². The van der Waals surface area contributed by atoms with E-state index in [0.29, 0.717) is 10.6 Å². The Labute approximate surface area is 109 Å². The van der Waals surface area contributed by atoms with Crippen LogP contribution < -0.4 is 0 Å². The molecule has 3 aliphatic carbocycles. The summed E-state index contributed by atoms with van der Waals surface area (Å²) in [5.41, 5.74) is 1.41. The van der Waals surface area contributed by atoms with Gasteiger partial charge in [0.25, 0.3) is 0 Å². The monoisotopic (exact) mass is 230 g/mol. The Bertz CT molecular complexity index is 334. The summed E-state index contributed by atoms with van der Waals surface area (Å²) in [6.45, 7) is 7.30. The fourth-order valence-electron chi connectivity index (χ4n) is 4.98. The summed E-state index contributed by atoms with van der Waals surface area (Å²) in [7, 11) is 5.04. The van der Waals surface area contributed by atoms with Crippen LogP contribution in [0.1, 0.15) is 59.3 Å². The molecule has 94 valence electrons. The van der Waals surface area contributed by atoms with Crippen molar-refractivity contribution < 1.29 is 0 Å². The molecule has 0 nitrogen and oxygen atoms in total. The zero-order valence-electron chi connectivity index (χ0n) is 12.5. The highest BCUT2D eigenvalue weighted by Crippen LogP contribution is 2.79. The van der Waals surface area contributed by atoms with Crippen molar-refractivity contribution in [3.63, 3.8) is 0 Å². The third-order valence-electron chi connectivity index (χ3n) is 7.59. The molecular weight excluding hydrogens is 202 g/mol. The smallest absolute Gasteiger partial charge is 0.0793 e. The minimum atomic E-state index is 0.497. The fourth-order valence-corrected chi connectivity index (χ4v) is 4.98. The SMILES string of the molecule is BC(B)(CC1CC2CCC23CC13)C(C)(C)CC. The molecule has 3 rings (SSSR count). The maximum Gasteiger partial charge on any atom is 0.0999 e. The Morgan fingerprint density at radius 1 is 1.29 bits per heavy atom. The van der Waals surface area contributed by atoms with E-state index < -0.39 is 0 Å². The molecule has 0 radical (unpaired) electrons. The Morgan fingerprint density at radius 2 is 2.00 bits per heavy atom. The molecule has 0 aromatic heterocycles. The summed E-state index contributed by atoms with van der Waals surface area (Å²) in [6, 6.07) is 0. The van der Waals surface area contributed by atoms with E-state index in [-0.39, 0.29) is 0 Å². The van der Waals surface area contributed by atoms with Crippen LogP contribution in [0.5, 0.6) is 0 Å². The predicted molar refractivity (Wildman–Crippen MR) is 79.8 cm³/mol. The van der Waals surface area contributed by atoms with Gasteiger partial charge in [0.1, 0.15) is 0 Å². The highest BCUT2D eigenvalue weighted by Gasteiger charge is 2.70. The average molecular weight is 230 g/mol. The van der Waals surface area contributed by atoms with Gasteiger partial charge in [0, 0.05) is 0 Å². The molecule has 0 aromatic carbocycles. The minimum Gasteiger partial charge on any atom is -0.0793 e. The molecule has 3 aliphatic rings. The highest BCUT2D eigenvalue weighted by atomic mass is 14.7. The third kappa shape index (κ3) is 1.51. The predicted octanol–water partition coefficient (Wildman–Crippen LogP) is 2.63. The number of rotatable bonds is 4. The van der Waals surface area contributed by atoms with Gasteiger partial charge >= 0.3 is 0 Å². The topological polar surface area (TPSA) is 0 Å². The van der Waals surface area contributed by atoms with Crippen molar-refractivity contribution in [1.29, 1.82) is 0 Å². The maximum absolute atomic E-state index is 2.52. The lowest BCUT2D eigenvalue weighted by atomic mass is 9.40. The maximum atomic E-state index is 2.52. The van der Waals surface area contributed by atoms with Crippen molar-refractivity contribution >= 4 is 15.7 Å². The van der Waals surface area contributed by atoms with E-state index in [9.17, 15) is 0 Å². The van der Waals surface area contributed by atoms with Crippen LogP contribution in [0.2, 0.25) is 5.21 Å². The lowest BCUT2D eigenvalue weighted by Crippen LogP contribution is -2.34. The second-order valence-electron chi connectivity index (χ2n) is 8.60. The molecule has 0 N–H and O–H groups in total. The Morgan fingerprint density at radius 3 is 2.35 bits per heavy atom. The van der Waals surface area contributed by atoms with E-state index in [1.165, 1.54) is 12.8 Å². The van der Waals surface area contributed by atoms with Crippen LogP contribution in [0.15, 0.2) is 0 Å². The average Bonchev–Trinajstić information content (AvgIpc) is 2.95. The van der Waals surface area contributed by atoms with Gasteiger partial charge in [-0.1, -0.05) is 38.8 Å². The molecule has 1 spiro atoms. The van der Waals surface area contributed by atoms with Crippen LogP contribution in [0.25, 0.3) is 0 Å². The second-order valence-corrected chi connectivity index (χ2v) is 8.60. The van der Waals surface area contributed by atoms with Crippen LogP contribution >= 0.6 is 0 Å². The van der Waals surface area contributed by atoms with Crippen LogP contribution in [0.4, 0.5) is 0 Å². The van der Waals surface area contributed by atoms with Crippen LogP contribution in [-0.4, -0.2) is 15.7 Å². The normalized spacial score (nSPS) is 43.8. The van der Waals surface area contributed by atoms with Gasteiger partial charge < -0.3 is 0 Å². The molecule has 4 atom stereocenters. The molecule has 0 heterocycles. The van der Waals surface area contributed by atoms with Gasteiger partial charge in [0.15, 0.2) is 0 Å². The first-order valence-corrected chi connectivity index (χ1v) is 7.82. The Hall–Kier alpha value is 0.130. The van der Waals surface area contributed by atoms with Crippen molar-refractivity contribution in [3.05, 3.63) is 0 Å². The summed E-state index contributed by atoms with van der Waals surface area (Å²) >= 11 is 0. The van der Waals surface area contributed by atoms with E-state index in [2.05, 4.69) is 36.5 Å². The van der Waals surface area contributed by atoms with E-state index >= 15 is 0 Å². The van der Waals surface area contributed by atoms with Gasteiger partial charge in [-0.05, 0) is 54.3 Å². The third-order valence-corrected chi connectivity index (χ3v) is 7.59. The van der Waals surface area contributed by atoms with Crippen molar-refractivity contribution in [2.75, 3.05) is 0 Å². The molecule has 0 saturated heterocycles. The summed E-state index contributed by atoms with van der Waals surface area (Å²) in [5, 5.41) is 0.514. The van der Waals surface area contributed by atoms with Gasteiger partial charge in [0.05, 0.1) is 15.7 Å². The van der Waals surface area contributed by atoms with Crippen molar-refractivity contribution in [2.24, 2.45) is 28.6 Å². The Balaban J connectivity index is 1.68. The van der Waals surface area contributed by atoms with E-state index in [1.54, 1.807) is 25.7 Å². The second kappa shape index (κ2) is 3.36. The van der Waals surface area contributed by atoms with Crippen molar-refractivity contribution in [3.8, 4) is 0 Å². The minimum absolute atomic E-state index is 0.497. The number of hydrogen-bond donors (Lipinski definition) is 0. The van der Waals surface area contributed by atoms with Gasteiger partial charge in [-0.2, -0.15) is 0 Å². The van der Waals surface area contributed by atoms with E-state index in [4.69, 9.17) is 0 Å². The fraction of sp³-hybridized carbons (Fsp3) is 1.00. The van der Waals surface area contributed by atoms with Crippen LogP contribution in [-0.2, 0) is 0 Å². The molecule has 3 saturated carbocycles. The van der Waals surface area contributed by atoms with E-state index in [1.807, 2.05) is 0 Å². The molecule has 0 bridgehead atoms. The first-order chi connectivity index (χ1) is 7.82. The first-order valence-electron chi connectivity index (χ1n) is 7.82. The standard InChI is InChI=1S/C15H28B2/c1-4-13(2,3)15(16,17)8-10-7-11-5-6-14(11)9-12(10)14/h10-12H,4-9,16-17H2,1-3H3. The molecule has 3 fully saturated rings. The quantitative estimate of drug-likeness (QED) is 0.651. The van der Waals surface area contributed by atoms with Crippen LogP contribution in [0, 0.1) is 28.6 Å². The summed E-state index contributed by atoms with van der Waals surface area (Å²) in [6.07, 6.45) is 9.11. The van der Waals surface area contributed by atoms with Gasteiger partial charge in [-0.15, -0.1) is 0 Å². The lowest BCUT2D eigenvalue weighted by Gasteiger charge is -2.44. The molecule has 0 aromatic rings. The largest absolute Gasteiger partial charge is 0.0999 e. The van der Waals surface area contributed by atoms with E-state index in [0.717, 1.165) is 23.2 Å². The van der Waals surface area contributed by atoms with Crippen molar-refractivity contribution in [1.82, 2.24) is 0 Å². The lowest BCUT2D eigenvalue weighted by molar-refractivity contribution is 0.162. The van der Waals surface area contributed by atoms with Gasteiger partial charge in [-0.3, -0.25) is 0 Å². The summed E-state index contributed by atoms with van der Waals surface area (Å²) in [4.78, 5) is 0. The zero-order valence-corrected chi connectivity index (χ0v) is 12.5. The Kier molecular flexibility index (Phi) is 2.41. The zero-order chi connectivity index (χ0) is 12.5. The first kappa shape index (κ1) is 12.2. The molecule has 0 amide bonds. The van der Waals surface area contributed by atoms with Crippen molar-refractivity contribution in [2.45, 2.75) is 64.5 Å². The molecule has 4 unspecified atom stereocenters. The molecule has 0 aliphatic heterocycles. The summed E-state index contributed by atoms with van der Waals surface area (Å²) in [5.74, 6) is 3.37. The van der Waals surface area contributed by atoms with Crippen LogP contribution in [0.3, 0.4) is 0 Å². The molecule has 2 heteroatoms.